The molecule has 0 amide bonds. The Bertz CT molecular complexity index is 1160. The third-order valence-corrected chi connectivity index (χ3v) is 14.9. The lowest BCUT2D eigenvalue weighted by atomic mass is 9.86. The van der Waals surface area contributed by atoms with Gasteiger partial charge < -0.3 is 34.6 Å². The van der Waals surface area contributed by atoms with E-state index in [1.165, 1.54) is 7.11 Å². The van der Waals surface area contributed by atoms with Gasteiger partial charge in [0.2, 0.25) is 5.79 Å². The first-order valence-corrected chi connectivity index (χ1v) is 16.3. The molecule has 0 radical (unpaired) electrons. The monoisotopic (exact) mass is 570 g/mol. The third-order valence-electron chi connectivity index (χ3n) is 8.57. The van der Waals surface area contributed by atoms with Gasteiger partial charge in [0, 0.05) is 24.7 Å². The molecule has 0 unspecified atom stereocenters. The highest BCUT2D eigenvalue weighted by molar-refractivity contribution is 6.90. The van der Waals surface area contributed by atoms with Crippen LogP contribution < -0.4 is 4.74 Å². The van der Waals surface area contributed by atoms with Crippen LogP contribution in [0.3, 0.4) is 0 Å². The van der Waals surface area contributed by atoms with Crippen molar-refractivity contribution in [2.75, 3.05) is 20.8 Å². The quantitative estimate of drug-likeness (QED) is 0.265. The Morgan fingerprint density at radius 3 is 2.00 bits per heavy atom. The van der Waals surface area contributed by atoms with Crippen LogP contribution in [0.25, 0.3) is 0 Å². The predicted molar refractivity (Wildman–Crippen MR) is 159 cm³/mol. The molecule has 1 aliphatic heterocycles. The topological polar surface area (TPSA) is 109 Å². The summed E-state index contributed by atoms with van der Waals surface area (Å²) >= 11 is 0. The molecule has 5 atom stereocenters. The number of ether oxygens (including phenoxy) is 3. The van der Waals surface area contributed by atoms with E-state index in [4.69, 9.17) is 14.2 Å². The first kappa shape index (κ1) is 32.3. The van der Waals surface area contributed by atoms with Gasteiger partial charge in [-0.1, -0.05) is 59.6 Å². The van der Waals surface area contributed by atoms with Gasteiger partial charge in [0.1, 0.15) is 38.2 Å². The van der Waals surface area contributed by atoms with Crippen LogP contribution in [-0.4, -0.2) is 73.7 Å². The van der Waals surface area contributed by atoms with E-state index in [9.17, 15) is 20.4 Å². The highest BCUT2D eigenvalue weighted by Crippen LogP contribution is 2.42. The number of hydrogen-bond donors (Lipinski definition) is 4. The molecule has 0 aliphatic carbocycles. The van der Waals surface area contributed by atoms with Crippen molar-refractivity contribution in [3.05, 3.63) is 64.7 Å². The second-order valence-corrected chi connectivity index (χ2v) is 17.3. The fourth-order valence-electron chi connectivity index (χ4n) is 6.34. The third kappa shape index (κ3) is 6.02. The van der Waals surface area contributed by atoms with Crippen LogP contribution >= 0.6 is 0 Å². The van der Waals surface area contributed by atoms with Crippen molar-refractivity contribution in [1.82, 2.24) is 0 Å². The minimum atomic E-state index is -1.82. The van der Waals surface area contributed by atoms with Gasteiger partial charge in [0.15, 0.2) is 0 Å². The molecule has 1 aliphatic rings. The first-order valence-electron chi connectivity index (χ1n) is 14.0. The lowest BCUT2D eigenvalue weighted by Gasteiger charge is -2.47. The summed E-state index contributed by atoms with van der Waals surface area (Å²) < 4.78 is 17.1. The molecule has 40 heavy (non-hydrogen) atoms. The van der Waals surface area contributed by atoms with Gasteiger partial charge in [-0.2, -0.15) is 0 Å². The minimum absolute atomic E-state index is 0.433. The van der Waals surface area contributed by atoms with E-state index in [1.807, 2.05) is 12.1 Å². The van der Waals surface area contributed by atoms with Gasteiger partial charge in [-0.15, -0.1) is 5.54 Å². The molecule has 220 valence electrons. The van der Waals surface area contributed by atoms with Crippen molar-refractivity contribution in [1.29, 1.82) is 0 Å². The molecule has 0 bridgehead atoms. The summed E-state index contributed by atoms with van der Waals surface area (Å²) in [6, 6.07) is 13.4. The highest BCUT2D eigenvalue weighted by atomic mass is 28.3. The predicted octanol–water partition coefficient (Wildman–Crippen LogP) is 4.13. The number of benzene rings is 2. The average molecular weight is 571 g/mol. The largest absolute Gasteiger partial charge is 0.496 e. The fraction of sp³-hybridized carbons (Fsp3) is 0.562. The van der Waals surface area contributed by atoms with Gasteiger partial charge in [0.25, 0.3) is 0 Å². The van der Waals surface area contributed by atoms with Crippen LogP contribution in [0.5, 0.6) is 5.75 Å². The summed E-state index contributed by atoms with van der Waals surface area (Å²) in [5, 5.41) is 41.3. The summed E-state index contributed by atoms with van der Waals surface area (Å²) in [6.45, 7) is 13.3. The number of aliphatic hydroxyl groups excluding tert-OH is 4. The maximum Gasteiger partial charge on any atom is 0.224 e. The van der Waals surface area contributed by atoms with Crippen LogP contribution in [0.1, 0.15) is 63.8 Å². The van der Waals surface area contributed by atoms with Crippen LogP contribution in [0.15, 0.2) is 42.5 Å². The van der Waals surface area contributed by atoms with Crippen molar-refractivity contribution >= 4 is 8.07 Å². The summed E-state index contributed by atoms with van der Waals surface area (Å²) in [5.41, 5.74) is 8.76. The molecule has 3 rings (SSSR count). The summed E-state index contributed by atoms with van der Waals surface area (Å²) in [4.78, 5) is 0. The van der Waals surface area contributed by atoms with Gasteiger partial charge >= 0.3 is 0 Å². The molecule has 8 heteroatoms. The van der Waals surface area contributed by atoms with E-state index in [0.29, 0.717) is 34.4 Å². The van der Waals surface area contributed by atoms with E-state index < -0.39 is 44.9 Å². The summed E-state index contributed by atoms with van der Waals surface area (Å²) in [5.74, 6) is 2.35. The van der Waals surface area contributed by atoms with Crippen LogP contribution in [-0.2, 0) is 21.7 Å². The van der Waals surface area contributed by atoms with E-state index in [-0.39, 0.29) is 0 Å². The maximum absolute atomic E-state index is 10.9. The molecule has 0 spiro atoms. The lowest BCUT2D eigenvalue weighted by Crippen LogP contribution is -2.64. The van der Waals surface area contributed by atoms with E-state index >= 15 is 0 Å². The number of aliphatic hydroxyl groups is 4. The molecular weight excluding hydrogens is 524 g/mol. The maximum atomic E-state index is 10.9. The fourth-order valence-corrected chi connectivity index (χ4v) is 11.6. The zero-order chi connectivity index (χ0) is 29.8. The van der Waals surface area contributed by atoms with Crippen molar-refractivity contribution in [2.45, 2.75) is 94.8 Å². The van der Waals surface area contributed by atoms with Crippen molar-refractivity contribution in [3.8, 4) is 17.2 Å². The van der Waals surface area contributed by atoms with E-state index in [1.54, 1.807) is 25.3 Å². The molecule has 2 aromatic rings. The van der Waals surface area contributed by atoms with Crippen molar-refractivity contribution in [3.63, 3.8) is 0 Å². The second kappa shape index (κ2) is 13.2. The zero-order valence-electron chi connectivity index (χ0n) is 25.0. The average Bonchev–Trinajstić information content (AvgIpc) is 2.93. The Morgan fingerprint density at radius 1 is 0.900 bits per heavy atom. The number of rotatable bonds is 9. The minimum Gasteiger partial charge on any atom is -0.496 e. The Labute approximate surface area is 240 Å². The number of hydrogen-bond acceptors (Lipinski definition) is 7. The molecule has 4 N–H and O–H groups in total. The van der Waals surface area contributed by atoms with Crippen LogP contribution in [0, 0.1) is 11.5 Å². The normalized spacial score (nSPS) is 25.3. The summed E-state index contributed by atoms with van der Waals surface area (Å²) in [7, 11) is 1.11. The van der Waals surface area contributed by atoms with Gasteiger partial charge in [-0.3, -0.25) is 0 Å². The molecule has 2 aromatic carbocycles. The smallest absolute Gasteiger partial charge is 0.224 e. The molecule has 1 heterocycles. The first-order chi connectivity index (χ1) is 18.9. The molecule has 0 saturated carbocycles. The molecule has 1 saturated heterocycles. The Kier molecular flexibility index (Phi) is 10.6. The standard InChI is InChI=1S/C32H46O7Si/c1-20(2)40(21(3)4,22(5)6)16-15-23-9-11-24(12-10-23)17-25-18-26(13-14-27(25)37-7)32(38-8)31(36)30(35)29(34)28(19-33)39-32/h9-14,18,20-22,28-31,33-36H,17,19H2,1-8H3/t28-,29-,30+,31-,32+/m1/s1. The van der Waals surface area contributed by atoms with Crippen LogP contribution in [0.2, 0.25) is 16.6 Å². The van der Waals surface area contributed by atoms with Gasteiger partial charge in [0.05, 0.1) is 13.7 Å². The Balaban J connectivity index is 1.94. The molecule has 0 aromatic heterocycles. The second-order valence-electron chi connectivity index (χ2n) is 11.7. The zero-order valence-corrected chi connectivity index (χ0v) is 26.0. The lowest BCUT2D eigenvalue weighted by molar-refractivity contribution is -0.366. The molecule has 7 nitrogen and oxygen atoms in total. The van der Waals surface area contributed by atoms with Crippen LogP contribution in [0.4, 0.5) is 0 Å². The SMILES string of the molecule is COc1ccc([C@]2(OC)O[C@H](CO)[C@@H](O)[C@H](O)[C@H]2O)cc1Cc1ccc(C#C[Si](C(C)C)(C(C)C)C(C)C)cc1. The van der Waals surface area contributed by atoms with Crippen molar-refractivity contribution < 1.29 is 34.6 Å². The molecule has 1 fully saturated rings. The van der Waals surface area contributed by atoms with Gasteiger partial charge in [-0.05, 0) is 58.1 Å². The van der Waals surface area contributed by atoms with E-state index in [2.05, 4.69) is 65.1 Å². The molecular formula is C32H46O7Si. The number of methoxy groups -OCH3 is 2. The van der Waals surface area contributed by atoms with Gasteiger partial charge in [-0.25, -0.2) is 0 Å². The highest BCUT2D eigenvalue weighted by Gasteiger charge is 2.55. The Morgan fingerprint density at radius 2 is 1.50 bits per heavy atom. The van der Waals surface area contributed by atoms with Crippen molar-refractivity contribution in [2.24, 2.45) is 0 Å². The Hall–Kier alpha value is -2.22. The summed E-state index contributed by atoms with van der Waals surface area (Å²) in [6.07, 6.45) is -5.24. The van der Waals surface area contributed by atoms with E-state index in [0.717, 1.165) is 16.7 Å².